The molecule has 0 spiro atoms. The molecule has 1 saturated heterocycles. The molecule has 4 atom stereocenters. The highest BCUT2D eigenvalue weighted by atomic mass is 19.1. The van der Waals surface area contributed by atoms with Crippen LogP contribution in [0.4, 0.5) is 9.18 Å². The van der Waals surface area contributed by atoms with E-state index in [9.17, 15) is 33.2 Å². The van der Waals surface area contributed by atoms with Crippen molar-refractivity contribution in [1.82, 2.24) is 9.13 Å². The third-order valence-electron chi connectivity index (χ3n) is 4.57. The predicted molar refractivity (Wildman–Crippen MR) is 118 cm³/mol. The van der Waals surface area contributed by atoms with Crippen LogP contribution in [0.1, 0.15) is 53.3 Å². The molecule has 0 aliphatic carbocycles. The first-order chi connectivity index (χ1) is 16.7. The second-order valence-electron chi connectivity index (χ2n) is 8.70. The fourth-order valence-corrected chi connectivity index (χ4v) is 3.34. The Morgan fingerprint density at radius 1 is 1.03 bits per heavy atom. The highest BCUT2D eigenvalue weighted by molar-refractivity contribution is 5.71. The van der Waals surface area contributed by atoms with E-state index in [2.05, 4.69) is 0 Å². The van der Waals surface area contributed by atoms with Crippen LogP contribution in [-0.4, -0.2) is 63.7 Å². The maximum absolute atomic E-state index is 13.3. The molecule has 0 amide bonds. The van der Waals surface area contributed by atoms with Gasteiger partial charge in [0.05, 0.1) is 11.9 Å². The molecule has 1 aromatic heterocycles. The van der Waals surface area contributed by atoms with E-state index in [1.165, 1.54) is 20.8 Å². The molecule has 13 nitrogen and oxygen atoms in total. The number of halogens is 1. The first-order valence-corrected chi connectivity index (χ1v) is 10.7. The smallest absolute Gasteiger partial charge is 0.425 e. The van der Waals surface area contributed by atoms with Gasteiger partial charge < -0.3 is 23.7 Å². The van der Waals surface area contributed by atoms with Crippen molar-refractivity contribution in [2.45, 2.75) is 71.7 Å². The van der Waals surface area contributed by atoms with Crippen LogP contribution in [-0.2, 0) is 38.1 Å². The standard InChI is InChI=1S/C22H27FN2O11/c1-11(26)32-10-15-16(33-12(2)27)17(34-13(3)28)19(35-15)24-9-14(7-8-23)18(29)25(20(24)30)21(31)36-22(4,5)6/h7-9,15-17,19H,10H2,1-6H3/b8-7+/t15-,16-,17+,19-/m1/s1. The lowest BCUT2D eigenvalue weighted by atomic mass is 10.1. The van der Waals surface area contributed by atoms with Gasteiger partial charge in [-0.3, -0.25) is 23.7 Å². The van der Waals surface area contributed by atoms with Gasteiger partial charge in [-0.05, 0) is 26.8 Å². The van der Waals surface area contributed by atoms with E-state index in [-0.39, 0.29) is 10.9 Å². The first-order valence-electron chi connectivity index (χ1n) is 10.7. The zero-order valence-electron chi connectivity index (χ0n) is 20.5. The molecule has 0 radical (unpaired) electrons. The maximum atomic E-state index is 13.3. The van der Waals surface area contributed by atoms with Gasteiger partial charge >= 0.3 is 29.7 Å². The Morgan fingerprint density at radius 2 is 1.61 bits per heavy atom. The van der Waals surface area contributed by atoms with Crippen molar-refractivity contribution in [2.75, 3.05) is 6.61 Å². The molecule has 2 heterocycles. The molecule has 0 N–H and O–H groups in total. The number of carbonyl (C=O) groups is 4. The number of nitrogens with zero attached hydrogens (tertiary/aromatic N) is 2. The molecule has 0 aromatic carbocycles. The van der Waals surface area contributed by atoms with E-state index in [1.807, 2.05) is 0 Å². The van der Waals surface area contributed by atoms with Crippen molar-refractivity contribution in [3.63, 3.8) is 0 Å². The van der Waals surface area contributed by atoms with Gasteiger partial charge in [0.15, 0.2) is 18.4 Å². The van der Waals surface area contributed by atoms with E-state index in [0.29, 0.717) is 10.6 Å². The van der Waals surface area contributed by atoms with Crippen LogP contribution in [0, 0.1) is 0 Å². The van der Waals surface area contributed by atoms with E-state index in [4.69, 9.17) is 23.7 Å². The Bertz CT molecular complexity index is 1180. The van der Waals surface area contributed by atoms with Crippen molar-refractivity contribution >= 4 is 30.1 Å². The normalized spacial score (nSPS) is 21.8. The summed E-state index contributed by atoms with van der Waals surface area (Å²) in [6.07, 6.45) is -5.43. The summed E-state index contributed by atoms with van der Waals surface area (Å²) in [5, 5.41) is 0. The number of rotatable bonds is 6. The average molecular weight is 514 g/mol. The van der Waals surface area contributed by atoms with Gasteiger partial charge in [0.1, 0.15) is 18.3 Å². The molecule has 0 bridgehead atoms. The van der Waals surface area contributed by atoms with Gasteiger partial charge in [-0.1, -0.05) is 0 Å². The topological polar surface area (TPSA) is 158 Å². The van der Waals surface area contributed by atoms with Gasteiger partial charge in [0.25, 0.3) is 5.56 Å². The lowest BCUT2D eigenvalue weighted by Gasteiger charge is -2.25. The van der Waals surface area contributed by atoms with E-state index in [1.54, 1.807) is 0 Å². The lowest BCUT2D eigenvalue weighted by molar-refractivity contribution is -0.166. The van der Waals surface area contributed by atoms with Crippen LogP contribution >= 0.6 is 0 Å². The molecule has 1 fully saturated rings. The minimum atomic E-state index is -1.59. The summed E-state index contributed by atoms with van der Waals surface area (Å²) in [7, 11) is 0. The van der Waals surface area contributed by atoms with Crippen molar-refractivity contribution in [3.05, 3.63) is 38.9 Å². The number of hydrogen-bond donors (Lipinski definition) is 0. The summed E-state index contributed by atoms with van der Waals surface area (Å²) in [4.78, 5) is 73.6. The van der Waals surface area contributed by atoms with Crippen molar-refractivity contribution in [1.29, 1.82) is 0 Å². The fraction of sp³-hybridized carbons (Fsp3) is 0.545. The Kier molecular flexibility index (Phi) is 8.91. The summed E-state index contributed by atoms with van der Waals surface area (Å²) >= 11 is 0. The SMILES string of the molecule is CC(=O)OC[C@H]1O[C@@H](n2cc(/C=C/F)c(=O)n(C(=O)OC(C)(C)C)c2=O)[C@@H](OC(C)=O)[C@@H]1OC(C)=O. The van der Waals surface area contributed by atoms with Gasteiger partial charge in [-0.2, -0.15) is 4.57 Å². The van der Waals surface area contributed by atoms with Crippen LogP contribution in [0.5, 0.6) is 0 Å². The average Bonchev–Trinajstić information content (AvgIpc) is 3.03. The quantitative estimate of drug-likeness (QED) is 0.395. The molecular formula is C22H27FN2O11. The van der Waals surface area contributed by atoms with Crippen LogP contribution in [0.2, 0.25) is 0 Å². The third-order valence-corrected chi connectivity index (χ3v) is 4.57. The Hall–Kier alpha value is -3.81. The van der Waals surface area contributed by atoms with E-state index < -0.39 is 77.6 Å². The molecule has 1 aliphatic heterocycles. The monoisotopic (exact) mass is 514 g/mol. The number of esters is 3. The Balaban J connectivity index is 2.73. The molecular weight excluding hydrogens is 487 g/mol. The zero-order valence-corrected chi connectivity index (χ0v) is 20.5. The first kappa shape index (κ1) is 28.4. The minimum absolute atomic E-state index is 0.00913. The lowest BCUT2D eigenvalue weighted by Crippen LogP contribution is -2.49. The maximum Gasteiger partial charge on any atom is 0.425 e. The molecule has 1 aromatic rings. The molecule has 1 aliphatic rings. The molecule has 14 heteroatoms. The van der Waals surface area contributed by atoms with Gasteiger partial charge in [0, 0.05) is 27.0 Å². The number of ether oxygens (including phenoxy) is 5. The molecule has 198 valence electrons. The van der Waals surface area contributed by atoms with Crippen molar-refractivity contribution in [2.24, 2.45) is 0 Å². The summed E-state index contributed by atoms with van der Waals surface area (Å²) in [5.41, 5.74) is -4.02. The molecule has 0 unspecified atom stereocenters. The van der Waals surface area contributed by atoms with Crippen LogP contribution < -0.4 is 11.2 Å². The second-order valence-corrected chi connectivity index (χ2v) is 8.70. The molecule has 0 saturated carbocycles. The zero-order chi connectivity index (χ0) is 27.4. The number of hydrogen-bond acceptors (Lipinski definition) is 11. The van der Waals surface area contributed by atoms with Crippen LogP contribution in [0.15, 0.2) is 22.1 Å². The van der Waals surface area contributed by atoms with E-state index in [0.717, 1.165) is 27.0 Å². The number of aromatic nitrogens is 2. The number of carbonyl (C=O) groups excluding carboxylic acids is 4. The van der Waals surface area contributed by atoms with Crippen molar-refractivity contribution < 1.29 is 47.3 Å². The summed E-state index contributed by atoms with van der Waals surface area (Å²) in [6, 6.07) is 0. The largest absolute Gasteiger partial charge is 0.463 e. The van der Waals surface area contributed by atoms with E-state index >= 15 is 0 Å². The highest BCUT2D eigenvalue weighted by Gasteiger charge is 2.51. The second kappa shape index (κ2) is 11.3. The van der Waals surface area contributed by atoms with Crippen LogP contribution in [0.3, 0.4) is 0 Å². The van der Waals surface area contributed by atoms with Crippen LogP contribution in [0.25, 0.3) is 6.08 Å². The summed E-state index contributed by atoms with van der Waals surface area (Å²) in [5.74, 6) is -2.35. The fourth-order valence-electron chi connectivity index (χ4n) is 3.34. The highest BCUT2D eigenvalue weighted by Crippen LogP contribution is 2.33. The van der Waals surface area contributed by atoms with Gasteiger partial charge in [0.2, 0.25) is 0 Å². The predicted octanol–water partition coefficient (Wildman–Crippen LogP) is 1.06. The molecule has 2 rings (SSSR count). The Labute approximate surface area is 204 Å². The van der Waals surface area contributed by atoms with Gasteiger partial charge in [-0.15, -0.1) is 0 Å². The summed E-state index contributed by atoms with van der Waals surface area (Å²) in [6.45, 7) is 7.27. The molecule has 36 heavy (non-hydrogen) atoms. The summed E-state index contributed by atoms with van der Waals surface area (Å²) < 4.78 is 40.1. The third kappa shape index (κ3) is 6.87. The Morgan fingerprint density at radius 3 is 2.11 bits per heavy atom. The van der Waals surface area contributed by atoms with Crippen molar-refractivity contribution in [3.8, 4) is 0 Å². The van der Waals surface area contributed by atoms with Gasteiger partial charge in [-0.25, -0.2) is 14.0 Å². The minimum Gasteiger partial charge on any atom is -0.463 e.